The average Bonchev–Trinajstić information content (AvgIpc) is 3.18. The van der Waals surface area contributed by atoms with E-state index < -0.39 is 0 Å². The van der Waals surface area contributed by atoms with Gasteiger partial charge in [0.1, 0.15) is 12.9 Å². The Hall–Kier alpha value is -3.26. The lowest BCUT2D eigenvalue weighted by Crippen LogP contribution is -2.24. The van der Waals surface area contributed by atoms with Crippen LogP contribution in [0.15, 0.2) is 48.9 Å². The molecule has 0 aliphatic rings. The molecule has 3 rings (SSSR count). The van der Waals surface area contributed by atoms with Gasteiger partial charge >= 0.3 is 0 Å². The molecule has 0 aliphatic heterocycles. The number of pyridine rings is 1. The largest absolute Gasteiger partial charge is 0.475 e. The lowest BCUT2D eigenvalue weighted by atomic mass is 10.2. The number of aryl methyl sites for hydroxylation is 1. The van der Waals surface area contributed by atoms with E-state index in [1.807, 2.05) is 56.5 Å². The van der Waals surface area contributed by atoms with E-state index in [2.05, 4.69) is 20.5 Å². The fraction of sp³-hybridized carbons (Fsp3) is 0.364. The molecule has 30 heavy (non-hydrogen) atoms. The standard InChI is InChI=1S/C22H27N5O3/c1-16-5-8-18(9-6-16)27-15-25-26-19(27)14-24-21(28)17-7-10-20(23-13-17)29-11-12-30-22(2,3)4/h5-10,13,15H,11-12,14H2,1-4H3,(H,24,28). The molecule has 0 fully saturated rings. The second kappa shape index (κ2) is 9.49. The Labute approximate surface area is 176 Å². The lowest BCUT2D eigenvalue weighted by molar-refractivity contribution is -0.0168. The minimum atomic E-state index is -0.247. The van der Waals surface area contributed by atoms with Gasteiger partial charge in [0.2, 0.25) is 5.88 Å². The SMILES string of the molecule is Cc1ccc(-n2cnnc2CNC(=O)c2ccc(OCCOC(C)(C)C)nc2)cc1. The van der Waals surface area contributed by atoms with E-state index in [0.29, 0.717) is 30.5 Å². The topological polar surface area (TPSA) is 91.2 Å². The molecule has 0 aliphatic carbocycles. The molecule has 0 radical (unpaired) electrons. The van der Waals surface area contributed by atoms with Gasteiger partial charge < -0.3 is 14.8 Å². The summed E-state index contributed by atoms with van der Waals surface area (Å²) >= 11 is 0. The zero-order chi connectivity index (χ0) is 21.6. The van der Waals surface area contributed by atoms with Crippen LogP contribution < -0.4 is 10.1 Å². The summed E-state index contributed by atoms with van der Waals surface area (Å²) in [5.74, 6) is 0.839. The predicted octanol–water partition coefficient (Wildman–Crippen LogP) is 3.09. The van der Waals surface area contributed by atoms with Crippen molar-refractivity contribution in [1.29, 1.82) is 0 Å². The number of carbonyl (C=O) groups is 1. The maximum atomic E-state index is 12.4. The molecule has 158 valence electrons. The number of nitrogens with zero attached hydrogens (tertiary/aromatic N) is 4. The minimum absolute atomic E-state index is 0.206. The quantitative estimate of drug-likeness (QED) is 0.575. The summed E-state index contributed by atoms with van der Waals surface area (Å²) in [5, 5.41) is 10.9. The molecule has 2 aromatic heterocycles. The van der Waals surface area contributed by atoms with Crippen LogP contribution >= 0.6 is 0 Å². The van der Waals surface area contributed by atoms with Crippen LogP contribution in [0.3, 0.4) is 0 Å². The molecular formula is C22H27N5O3. The van der Waals surface area contributed by atoms with Crippen molar-refractivity contribution in [3.63, 3.8) is 0 Å². The van der Waals surface area contributed by atoms with Gasteiger partial charge in [0.15, 0.2) is 5.82 Å². The summed E-state index contributed by atoms with van der Waals surface area (Å²) in [7, 11) is 0. The summed E-state index contributed by atoms with van der Waals surface area (Å²) in [4.78, 5) is 16.6. The van der Waals surface area contributed by atoms with Crippen LogP contribution in [0.5, 0.6) is 5.88 Å². The number of amides is 1. The zero-order valence-corrected chi connectivity index (χ0v) is 17.8. The molecule has 1 N–H and O–H groups in total. The van der Waals surface area contributed by atoms with Crippen LogP contribution in [0.2, 0.25) is 0 Å². The maximum absolute atomic E-state index is 12.4. The number of hydrogen-bond donors (Lipinski definition) is 1. The fourth-order valence-corrected chi connectivity index (χ4v) is 2.66. The molecule has 1 aromatic carbocycles. The van der Waals surface area contributed by atoms with Gasteiger partial charge in [0, 0.05) is 18.0 Å². The smallest absolute Gasteiger partial charge is 0.253 e. The third-order valence-corrected chi connectivity index (χ3v) is 4.20. The molecule has 2 heterocycles. The van der Waals surface area contributed by atoms with Crippen molar-refractivity contribution in [2.75, 3.05) is 13.2 Å². The zero-order valence-electron chi connectivity index (χ0n) is 17.8. The summed E-state index contributed by atoms with van der Waals surface area (Å²) in [6, 6.07) is 11.3. The first-order chi connectivity index (χ1) is 14.3. The van der Waals surface area contributed by atoms with Crippen molar-refractivity contribution < 1.29 is 14.3 Å². The second-order valence-corrected chi connectivity index (χ2v) is 7.83. The van der Waals surface area contributed by atoms with Crippen molar-refractivity contribution in [3.8, 4) is 11.6 Å². The van der Waals surface area contributed by atoms with E-state index in [4.69, 9.17) is 9.47 Å². The van der Waals surface area contributed by atoms with Crippen molar-refractivity contribution in [2.45, 2.75) is 39.8 Å². The van der Waals surface area contributed by atoms with Gasteiger partial charge in [-0.2, -0.15) is 0 Å². The molecule has 8 nitrogen and oxygen atoms in total. The summed E-state index contributed by atoms with van der Waals surface area (Å²) in [6.45, 7) is 9.10. The molecule has 0 saturated heterocycles. The Morgan fingerprint density at radius 2 is 1.87 bits per heavy atom. The maximum Gasteiger partial charge on any atom is 0.253 e. The van der Waals surface area contributed by atoms with E-state index in [1.165, 1.54) is 11.8 Å². The number of carbonyl (C=O) groups excluding carboxylic acids is 1. The number of ether oxygens (including phenoxy) is 2. The van der Waals surface area contributed by atoms with Crippen molar-refractivity contribution in [1.82, 2.24) is 25.1 Å². The Kier molecular flexibility index (Phi) is 6.79. The van der Waals surface area contributed by atoms with Crippen molar-refractivity contribution >= 4 is 5.91 Å². The third kappa shape index (κ3) is 6.12. The van der Waals surface area contributed by atoms with Crippen LogP contribution in [0.4, 0.5) is 0 Å². The van der Waals surface area contributed by atoms with Gasteiger partial charge in [-0.25, -0.2) is 4.98 Å². The molecule has 0 bridgehead atoms. The summed E-state index contributed by atoms with van der Waals surface area (Å²) in [5.41, 5.74) is 2.34. The van der Waals surface area contributed by atoms with Gasteiger partial charge in [0.25, 0.3) is 5.91 Å². The van der Waals surface area contributed by atoms with Gasteiger partial charge in [-0.1, -0.05) is 17.7 Å². The highest BCUT2D eigenvalue weighted by Crippen LogP contribution is 2.12. The van der Waals surface area contributed by atoms with Gasteiger partial charge in [-0.15, -0.1) is 10.2 Å². The Bertz CT molecular complexity index is 960. The van der Waals surface area contributed by atoms with E-state index >= 15 is 0 Å². The van der Waals surface area contributed by atoms with E-state index in [1.54, 1.807) is 18.5 Å². The number of aromatic nitrogens is 4. The molecule has 0 atom stereocenters. The van der Waals surface area contributed by atoms with E-state index in [9.17, 15) is 4.79 Å². The summed E-state index contributed by atoms with van der Waals surface area (Å²) < 4.78 is 13.0. The Balaban J connectivity index is 1.52. The third-order valence-electron chi connectivity index (χ3n) is 4.20. The highest BCUT2D eigenvalue weighted by Gasteiger charge is 2.12. The minimum Gasteiger partial charge on any atom is -0.475 e. The highest BCUT2D eigenvalue weighted by molar-refractivity contribution is 5.93. The first-order valence-corrected chi connectivity index (χ1v) is 9.79. The Morgan fingerprint density at radius 3 is 2.53 bits per heavy atom. The lowest BCUT2D eigenvalue weighted by Gasteiger charge is -2.19. The number of rotatable bonds is 8. The molecule has 0 unspecified atom stereocenters. The van der Waals surface area contributed by atoms with Crippen LogP contribution in [0.25, 0.3) is 5.69 Å². The van der Waals surface area contributed by atoms with E-state index in [0.717, 1.165) is 5.69 Å². The normalized spacial score (nSPS) is 11.3. The molecule has 0 saturated carbocycles. The van der Waals surface area contributed by atoms with Crippen LogP contribution in [-0.2, 0) is 11.3 Å². The van der Waals surface area contributed by atoms with Crippen LogP contribution in [0.1, 0.15) is 42.5 Å². The molecule has 8 heteroatoms. The molecule has 1 amide bonds. The van der Waals surface area contributed by atoms with Crippen molar-refractivity contribution in [2.24, 2.45) is 0 Å². The first-order valence-electron chi connectivity index (χ1n) is 9.79. The van der Waals surface area contributed by atoms with Gasteiger partial charge in [-0.3, -0.25) is 9.36 Å². The number of hydrogen-bond acceptors (Lipinski definition) is 6. The number of nitrogens with one attached hydrogen (secondary N) is 1. The van der Waals surface area contributed by atoms with E-state index in [-0.39, 0.29) is 18.1 Å². The Morgan fingerprint density at radius 1 is 1.10 bits per heavy atom. The van der Waals surface area contributed by atoms with Gasteiger partial charge in [-0.05, 0) is 45.9 Å². The average molecular weight is 409 g/mol. The number of benzene rings is 1. The van der Waals surface area contributed by atoms with Gasteiger partial charge in [0.05, 0.1) is 24.3 Å². The van der Waals surface area contributed by atoms with Crippen LogP contribution in [-0.4, -0.2) is 44.5 Å². The predicted molar refractivity (Wildman–Crippen MR) is 113 cm³/mol. The van der Waals surface area contributed by atoms with Crippen molar-refractivity contribution in [3.05, 3.63) is 65.9 Å². The van der Waals surface area contributed by atoms with Crippen LogP contribution in [0, 0.1) is 6.92 Å². The second-order valence-electron chi connectivity index (χ2n) is 7.83. The molecule has 0 spiro atoms. The highest BCUT2D eigenvalue weighted by atomic mass is 16.5. The first kappa shape index (κ1) is 21.4. The monoisotopic (exact) mass is 409 g/mol. The summed E-state index contributed by atoms with van der Waals surface area (Å²) in [6.07, 6.45) is 3.11. The fourth-order valence-electron chi connectivity index (χ4n) is 2.66. The molecule has 3 aromatic rings. The molecular weight excluding hydrogens is 382 g/mol.